The Balaban J connectivity index is 1.99. The summed E-state index contributed by atoms with van der Waals surface area (Å²) in [4.78, 5) is 19.0. The minimum atomic E-state index is -0.0413. The Kier molecular flexibility index (Phi) is 5.08. The number of thiophene rings is 1. The molecule has 7 nitrogen and oxygen atoms in total. The van der Waals surface area contributed by atoms with Crippen LogP contribution in [0.3, 0.4) is 0 Å². The summed E-state index contributed by atoms with van der Waals surface area (Å²) in [5.74, 6) is 0.125. The van der Waals surface area contributed by atoms with Gasteiger partial charge in [-0.3, -0.25) is 4.79 Å². The molecule has 0 spiro atoms. The van der Waals surface area contributed by atoms with Crippen molar-refractivity contribution in [1.29, 1.82) is 0 Å². The third-order valence-corrected chi connectivity index (χ3v) is 3.56. The molecule has 0 saturated heterocycles. The minimum absolute atomic E-state index is 0.0413. The van der Waals surface area contributed by atoms with Gasteiger partial charge in [0.15, 0.2) is 0 Å². The first-order valence-electron chi connectivity index (χ1n) is 6.13. The van der Waals surface area contributed by atoms with Gasteiger partial charge in [0, 0.05) is 18.5 Å². The number of anilines is 1. The second-order valence-corrected chi connectivity index (χ2v) is 5.22. The summed E-state index contributed by atoms with van der Waals surface area (Å²) in [7, 11) is 1.62. The first kappa shape index (κ1) is 14.5. The van der Waals surface area contributed by atoms with Crippen molar-refractivity contribution in [1.82, 2.24) is 19.7 Å². The van der Waals surface area contributed by atoms with Crippen molar-refractivity contribution in [2.24, 2.45) is 0 Å². The topological polar surface area (TPSA) is 86.3 Å². The number of aromatic nitrogens is 3. The molecular formula is C12H17N5O2S. The maximum atomic E-state index is 12.3. The lowest BCUT2D eigenvalue weighted by atomic mass is 10.4. The first-order valence-corrected chi connectivity index (χ1v) is 7.01. The number of ether oxygens (including phenoxy) is 1. The summed E-state index contributed by atoms with van der Waals surface area (Å²) < 4.78 is 6.49. The molecule has 0 aliphatic rings. The Morgan fingerprint density at radius 2 is 2.45 bits per heavy atom. The molecule has 2 heterocycles. The Hall–Kier alpha value is -1.93. The Morgan fingerprint density at radius 1 is 1.60 bits per heavy atom. The van der Waals surface area contributed by atoms with Crippen molar-refractivity contribution in [2.45, 2.75) is 13.1 Å². The number of hydrogen-bond donors (Lipinski definition) is 1. The maximum absolute atomic E-state index is 12.3. The van der Waals surface area contributed by atoms with Gasteiger partial charge in [0.1, 0.15) is 12.9 Å². The molecule has 0 radical (unpaired) electrons. The van der Waals surface area contributed by atoms with Crippen LogP contribution in [-0.4, -0.2) is 45.8 Å². The van der Waals surface area contributed by atoms with Crippen LogP contribution in [0.1, 0.15) is 4.88 Å². The van der Waals surface area contributed by atoms with Crippen LogP contribution in [0.25, 0.3) is 0 Å². The van der Waals surface area contributed by atoms with E-state index in [0.717, 1.165) is 4.88 Å². The van der Waals surface area contributed by atoms with Crippen molar-refractivity contribution in [3.05, 3.63) is 28.7 Å². The van der Waals surface area contributed by atoms with Crippen molar-refractivity contribution in [2.75, 3.05) is 26.0 Å². The van der Waals surface area contributed by atoms with Gasteiger partial charge in [-0.05, 0) is 11.4 Å². The van der Waals surface area contributed by atoms with Crippen LogP contribution in [0.4, 0.5) is 5.95 Å². The van der Waals surface area contributed by atoms with E-state index in [1.807, 2.05) is 17.5 Å². The molecule has 20 heavy (non-hydrogen) atoms. The summed E-state index contributed by atoms with van der Waals surface area (Å²) in [6.45, 7) is 1.73. The molecule has 2 N–H and O–H groups in total. The predicted molar refractivity (Wildman–Crippen MR) is 76.0 cm³/mol. The number of hydrogen-bond acceptors (Lipinski definition) is 6. The highest BCUT2D eigenvalue weighted by atomic mass is 32.1. The predicted octanol–water partition coefficient (Wildman–Crippen LogP) is 0.597. The molecule has 0 saturated carbocycles. The van der Waals surface area contributed by atoms with Gasteiger partial charge < -0.3 is 15.4 Å². The molecule has 0 aliphatic carbocycles. The van der Waals surface area contributed by atoms with Crippen LogP contribution >= 0.6 is 11.3 Å². The number of methoxy groups -OCH3 is 1. The minimum Gasteiger partial charge on any atom is -0.383 e. The highest BCUT2D eigenvalue weighted by molar-refractivity contribution is 7.09. The monoisotopic (exact) mass is 295 g/mol. The normalized spacial score (nSPS) is 10.7. The zero-order valence-corrected chi connectivity index (χ0v) is 12.0. The molecule has 0 bridgehead atoms. The molecule has 8 heteroatoms. The van der Waals surface area contributed by atoms with E-state index in [9.17, 15) is 4.79 Å². The lowest BCUT2D eigenvalue weighted by Gasteiger charge is -2.21. The molecule has 0 fully saturated rings. The van der Waals surface area contributed by atoms with Crippen LogP contribution in [-0.2, 0) is 22.6 Å². The molecular weight excluding hydrogens is 278 g/mol. The lowest BCUT2D eigenvalue weighted by Crippen LogP contribution is -2.35. The van der Waals surface area contributed by atoms with Crippen molar-refractivity contribution >= 4 is 23.2 Å². The zero-order chi connectivity index (χ0) is 14.4. The van der Waals surface area contributed by atoms with Crippen molar-refractivity contribution in [3.63, 3.8) is 0 Å². The van der Waals surface area contributed by atoms with Gasteiger partial charge in [0.2, 0.25) is 11.9 Å². The molecule has 2 aromatic rings. The maximum Gasteiger partial charge on any atom is 0.244 e. The fourth-order valence-electron chi connectivity index (χ4n) is 1.71. The number of amides is 1. The van der Waals surface area contributed by atoms with Crippen LogP contribution in [0.2, 0.25) is 0 Å². The van der Waals surface area contributed by atoms with Gasteiger partial charge in [-0.1, -0.05) is 6.07 Å². The number of nitrogens with zero attached hydrogens (tertiary/aromatic N) is 4. The third-order valence-electron chi connectivity index (χ3n) is 2.70. The Labute approximate surface area is 121 Å². The van der Waals surface area contributed by atoms with E-state index in [1.54, 1.807) is 23.3 Å². The Morgan fingerprint density at radius 3 is 3.05 bits per heavy atom. The molecule has 108 valence electrons. The molecule has 2 aromatic heterocycles. The molecule has 1 amide bonds. The average Bonchev–Trinajstić information content (AvgIpc) is 3.06. The molecule has 0 atom stereocenters. The quantitative estimate of drug-likeness (QED) is 0.808. The van der Waals surface area contributed by atoms with E-state index in [0.29, 0.717) is 19.7 Å². The van der Waals surface area contributed by atoms with Crippen LogP contribution in [0.5, 0.6) is 0 Å². The van der Waals surface area contributed by atoms with E-state index in [2.05, 4.69) is 10.1 Å². The average molecular weight is 295 g/mol. The number of nitrogens with two attached hydrogens (primary N) is 1. The molecule has 0 unspecified atom stereocenters. The van der Waals surface area contributed by atoms with Gasteiger partial charge in [-0.2, -0.15) is 0 Å². The highest BCUT2D eigenvalue weighted by Gasteiger charge is 2.15. The third kappa shape index (κ3) is 4.04. The Bertz CT molecular complexity index is 540. The molecule has 0 aliphatic heterocycles. The second kappa shape index (κ2) is 7.01. The smallest absolute Gasteiger partial charge is 0.244 e. The van der Waals surface area contributed by atoms with Gasteiger partial charge >= 0.3 is 0 Å². The standard InChI is InChI=1S/C12H17N5O2S/c1-19-5-4-16(7-10-3-2-6-20-10)11(18)8-17-9-14-12(13)15-17/h2-3,6,9H,4-5,7-8H2,1H3,(H2,13,15). The van der Waals surface area contributed by atoms with Gasteiger partial charge in [0.05, 0.1) is 13.2 Å². The summed E-state index contributed by atoms with van der Waals surface area (Å²) >= 11 is 1.62. The molecule has 2 rings (SSSR count). The largest absolute Gasteiger partial charge is 0.383 e. The number of carbonyl (C=O) groups is 1. The summed E-state index contributed by atoms with van der Waals surface area (Å²) in [5.41, 5.74) is 5.43. The fourth-order valence-corrected chi connectivity index (χ4v) is 2.43. The summed E-state index contributed by atoms with van der Waals surface area (Å²) in [6.07, 6.45) is 1.45. The van der Waals surface area contributed by atoms with E-state index in [4.69, 9.17) is 10.5 Å². The lowest BCUT2D eigenvalue weighted by molar-refractivity contribution is -0.133. The summed E-state index contributed by atoms with van der Waals surface area (Å²) in [6, 6.07) is 3.97. The first-order chi connectivity index (χ1) is 9.69. The van der Waals surface area contributed by atoms with Crippen molar-refractivity contribution in [3.8, 4) is 0 Å². The van der Waals surface area contributed by atoms with Gasteiger partial charge in [0.25, 0.3) is 0 Å². The van der Waals surface area contributed by atoms with Crippen LogP contribution in [0.15, 0.2) is 23.8 Å². The highest BCUT2D eigenvalue weighted by Crippen LogP contribution is 2.12. The van der Waals surface area contributed by atoms with Crippen molar-refractivity contribution < 1.29 is 9.53 Å². The number of nitrogen functional groups attached to an aromatic ring is 1. The van der Waals surface area contributed by atoms with Gasteiger partial charge in [-0.25, -0.2) is 9.67 Å². The van der Waals surface area contributed by atoms with E-state index < -0.39 is 0 Å². The zero-order valence-electron chi connectivity index (χ0n) is 11.2. The number of rotatable bonds is 7. The van der Waals surface area contributed by atoms with E-state index in [1.165, 1.54) is 11.0 Å². The van der Waals surface area contributed by atoms with Gasteiger partial charge in [-0.15, -0.1) is 16.4 Å². The fraction of sp³-hybridized carbons (Fsp3) is 0.417. The van der Waals surface area contributed by atoms with Crippen LogP contribution in [0, 0.1) is 0 Å². The van der Waals surface area contributed by atoms with E-state index >= 15 is 0 Å². The number of carbonyl (C=O) groups excluding carboxylic acids is 1. The van der Waals surface area contributed by atoms with Crippen LogP contribution < -0.4 is 5.73 Å². The second-order valence-electron chi connectivity index (χ2n) is 4.19. The summed E-state index contributed by atoms with van der Waals surface area (Å²) in [5, 5.41) is 5.91. The molecule has 0 aromatic carbocycles. The SMILES string of the molecule is COCCN(Cc1cccs1)C(=O)Cn1cnc(N)n1. The van der Waals surface area contributed by atoms with E-state index in [-0.39, 0.29) is 18.4 Å².